The second-order valence-electron chi connectivity index (χ2n) is 7.23. The monoisotopic (exact) mass is 464 g/mol. The van der Waals surface area contributed by atoms with Crippen LogP contribution in [0.2, 0.25) is 5.28 Å². The highest BCUT2D eigenvalue weighted by Crippen LogP contribution is 2.32. The van der Waals surface area contributed by atoms with E-state index in [2.05, 4.69) is 25.0 Å². The molecule has 164 valence electrons. The van der Waals surface area contributed by atoms with E-state index in [0.717, 1.165) is 12.8 Å². The Balaban J connectivity index is 1.46. The lowest BCUT2D eigenvalue weighted by Crippen LogP contribution is -2.30. The molecule has 0 atom stereocenters. The molecule has 1 fully saturated rings. The fraction of sp³-hybridized carbons (Fsp3) is 0.368. The maximum atomic E-state index is 12.5. The van der Waals surface area contributed by atoms with Crippen molar-refractivity contribution in [3.63, 3.8) is 0 Å². The van der Waals surface area contributed by atoms with Gasteiger partial charge in [-0.2, -0.15) is 9.97 Å². The van der Waals surface area contributed by atoms with Gasteiger partial charge in [-0.05, 0) is 36.6 Å². The molecule has 0 bridgehead atoms. The van der Waals surface area contributed by atoms with Crippen molar-refractivity contribution in [1.82, 2.24) is 24.2 Å². The van der Waals surface area contributed by atoms with Gasteiger partial charge in [0, 0.05) is 19.1 Å². The van der Waals surface area contributed by atoms with Gasteiger partial charge in [0.05, 0.1) is 16.8 Å². The quantitative estimate of drug-likeness (QED) is 0.341. The fourth-order valence-electron chi connectivity index (χ4n) is 3.78. The summed E-state index contributed by atoms with van der Waals surface area (Å²) in [6, 6.07) is 5.78. The molecule has 12 heteroatoms. The van der Waals surface area contributed by atoms with Crippen molar-refractivity contribution in [2.45, 2.75) is 36.6 Å². The Labute approximate surface area is 183 Å². The van der Waals surface area contributed by atoms with Gasteiger partial charge in [-0.3, -0.25) is 0 Å². The summed E-state index contributed by atoms with van der Waals surface area (Å²) in [5, 5.41) is 12.3. The minimum Gasteiger partial charge on any atom is -0.478 e. The van der Waals surface area contributed by atoms with E-state index in [4.69, 9.17) is 11.6 Å². The summed E-state index contributed by atoms with van der Waals surface area (Å²) in [6.07, 6.45) is 6.20. The van der Waals surface area contributed by atoms with Crippen LogP contribution in [0.4, 0.5) is 5.82 Å². The first kappa shape index (κ1) is 21.5. The van der Waals surface area contributed by atoms with Crippen LogP contribution in [0, 0.1) is 0 Å². The van der Waals surface area contributed by atoms with Crippen LogP contribution in [0.25, 0.3) is 11.2 Å². The molecule has 1 aliphatic rings. The summed E-state index contributed by atoms with van der Waals surface area (Å²) in [5.74, 6) is -0.896. The molecule has 31 heavy (non-hydrogen) atoms. The predicted molar refractivity (Wildman–Crippen MR) is 115 cm³/mol. The Morgan fingerprint density at radius 3 is 2.68 bits per heavy atom. The van der Waals surface area contributed by atoms with Crippen molar-refractivity contribution in [3.05, 3.63) is 41.4 Å². The van der Waals surface area contributed by atoms with Crippen molar-refractivity contribution in [2.24, 2.45) is 0 Å². The Morgan fingerprint density at radius 2 is 1.94 bits per heavy atom. The first-order chi connectivity index (χ1) is 14.9. The third kappa shape index (κ3) is 4.48. The summed E-state index contributed by atoms with van der Waals surface area (Å²) >= 11 is 6.10. The molecule has 0 radical (unpaired) electrons. The molecule has 10 nitrogen and oxygen atoms in total. The highest BCUT2D eigenvalue weighted by atomic mass is 35.5. The van der Waals surface area contributed by atoms with E-state index in [1.165, 1.54) is 37.1 Å². The minimum atomic E-state index is -4.00. The molecule has 0 amide bonds. The summed E-state index contributed by atoms with van der Waals surface area (Å²) in [5.41, 5.74) is 0.922. The number of sulfonamides is 1. The SMILES string of the molecule is O=C(O)c1ccccc1S(=O)(=O)NCCNc1nc(Cl)nc2c1ncn2C1CCCC1. The Bertz CT molecular complexity index is 1220. The van der Waals surface area contributed by atoms with Gasteiger partial charge >= 0.3 is 5.97 Å². The molecule has 1 aromatic carbocycles. The van der Waals surface area contributed by atoms with Crippen molar-refractivity contribution in [2.75, 3.05) is 18.4 Å². The van der Waals surface area contributed by atoms with Crippen molar-refractivity contribution in [3.8, 4) is 0 Å². The van der Waals surface area contributed by atoms with E-state index in [1.807, 2.05) is 4.57 Å². The van der Waals surface area contributed by atoms with Gasteiger partial charge in [-0.25, -0.2) is 22.9 Å². The zero-order valence-electron chi connectivity index (χ0n) is 16.5. The number of benzene rings is 1. The van der Waals surface area contributed by atoms with Gasteiger partial charge in [0.25, 0.3) is 0 Å². The molecule has 3 N–H and O–H groups in total. The number of nitrogens with zero attached hydrogens (tertiary/aromatic N) is 4. The average molecular weight is 465 g/mol. The normalized spacial score (nSPS) is 14.9. The molecule has 4 rings (SSSR count). The highest BCUT2D eigenvalue weighted by molar-refractivity contribution is 7.89. The number of aromatic carboxylic acids is 1. The number of aromatic nitrogens is 4. The molecule has 1 aliphatic carbocycles. The number of hydrogen-bond acceptors (Lipinski definition) is 7. The lowest BCUT2D eigenvalue weighted by atomic mass is 10.2. The zero-order valence-corrected chi connectivity index (χ0v) is 18.0. The molecule has 3 aromatic rings. The third-order valence-electron chi connectivity index (χ3n) is 5.23. The number of rotatable bonds is 8. The number of nitrogens with one attached hydrogen (secondary N) is 2. The van der Waals surface area contributed by atoms with E-state index in [-0.39, 0.29) is 28.8 Å². The van der Waals surface area contributed by atoms with Crippen LogP contribution < -0.4 is 10.0 Å². The third-order valence-corrected chi connectivity index (χ3v) is 6.92. The number of hydrogen-bond donors (Lipinski definition) is 3. The largest absolute Gasteiger partial charge is 0.478 e. The fourth-order valence-corrected chi connectivity index (χ4v) is 5.18. The molecule has 0 spiro atoms. The van der Waals surface area contributed by atoms with Crippen LogP contribution in [0.15, 0.2) is 35.5 Å². The molecule has 0 unspecified atom stereocenters. The first-order valence-corrected chi connectivity index (χ1v) is 11.7. The first-order valence-electron chi connectivity index (χ1n) is 9.83. The molecule has 2 aromatic heterocycles. The molecular formula is C19H21ClN6O4S. The van der Waals surface area contributed by atoms with Gasteiger partial charge < -0.3 is 15.0 Å². The average Bonchev–Trinajstić information content (AvgIpc) is 3.40. The Kier molecular flexibility index (Phi) is 6.08. The van der Waals surface area contributed by atoms with E-state index in [9.17, 15) is 18.3 Å². The van der Waals surface area contributed by atoms with Gasteiger partial charge in [-0.1, -0.05) is 25.0 Å². The topological polar surface area (TPSA) is 139 Å². The number of anilines is 1. The van der Waals surface area contributed by atoms with Crippen LogP contribution in [-0.2, 0) is 10.0 Å². The number of halogens is 1. The molecular weight excluding hydrogens is 444 g/mol. The Morgan fingerprint density at radius 1 is 1.19 bits per heavy atom. The van der Waals surface area contributed by atoms with Crippen LogP contribution in [0.5, 0.6) is 0 Å². The summed E-state index contributed by atoms with van der Waals surface area (Å²) in [6.45, 7) is 0.190. The van der Waals surface area contributed by atoms with Crippen LogP contribution in [0.3, 0.4) is 0 Å². The smallest absolute Gasteiger partial charge is 0.337 e. The van der Waals surface area contributed by atoms with Crippen LogP contribution >= 0.6 is 11.6 Å². The minimum absolute atomic E-state index is 0.00271. The lowest BCUT2D eigenvalue weighted by Gasteiger charge is -2.12. The summed E-state index contributed by atoms with van der Waals surface area (Å²) in [7, 11) is -4.00. The van der Waals surface area contributed by atoms with E-state index < -0.39 is 16.0 Å². The lowest BCUT2D eigenvalue weighted by molar-refractivity contribution is 0.0692. The number of carboxylic acids is 1. The number of imidazole rings is 1. The second kappa shape index (κ2) is 8.77. The van der Waals surface area contributed by atoms with Gasteiger partial charge in [-0.15, -0.1) is 0 Å². The van der Waals surface area contributed by atoms with Crippen LogP contribution in [-0.4, -0.2) is 52.1 Å². The number of fused-ring (bicyclic) bond motifs is 1. The van der Waals surface area contributed by atoms with E-state index in [1.54, 1.807) is 6.33 Å². The number of carbonyl (C=O) groups is 1. The maximum absolute atomic E-state index is 12.5. The Hall–Kier alpha value is -2.76. The summed E-state index contributed by atoms with van der Waals surface area (Å²) < 4.78 is 29.5. The molecule has 0 saturated heterocycles. The zero-order chi connectivity index (χ0) is 22.0. The van der Waals surface area contributed by atoms with E-state index in [0.29, 0.717) is 23.0 Å². The van der Waals surface area contributed by atoms with Crippen molar-refractivity contribution < 1.29 is 18.3 Å². The van der Waals surface area contributed by atoms with Crippen LogP contribution in [0.1, 0.15) is 42.1 Å². The van der Waals surface area contributed by atoms with Gasteiger partial charge in [0.15, 0.2) is 17.0 Å². The second-order valence-corrected chi connectivity index (χ2v) is 9.30. The molecule has 0 aliphatic heterocycles. The number of carboxylic acid groups (broad SMARTS) is 1. The van der Waals surface area contributed by atoms with Crippen molar-refractivity contribution in [1.29, 1.82) is 0 Å². The van der Waals surface area contributed by atoms with E-state index >= 15 is 0 Å². The highest BCUT2D eigenvalue weighted by Gasteiger charge is 2.23. The predicted octanol–water partition coefficient (Wildman–Crippen LogP) is 2.68. The molecule has 2 heterocycles. The maximum Gasteiger partial charge on any atom is 0.337 e. The standard InChI is InChI=1S/C19H21ClN6O4S/c20-19-24-16(15-17(25-19)26(11-22-15)12-5-1-2-6-12)21-9-10-23-31(29,30)14-8-4-3-7-13(14)18(27)28/h3-4,7-8,11-12,23H,1-2,5-6,9-10H2,(H,27,28)(H,21,24,25). The molecule has 1 saturated carbocycles. The van der Waals surface area contributed by atoms with Crippen molar-refractivity contribution >= 4 is 44.6 Å². The summed E-state index contributed by atoms with van der Waals surface area (Å²) in [4.78, 5) is 23.9. The van der Waals surface area contributed by atoms with Gasteiger partial charge in [0.2, 0.25) is 15.3 Å². The van der Waals surface area contributed by atoms with Gasteiger partial charge in [0.1, 0.15) is 0 Å².